The summed E-state index contributed by atoms with van der Waals surface area (Å²) in [5, 5.41) is 2.86. The number of carbonyl (C=O) groups is 2. The van der Waals surface area contributed by atoms with Crippen molar-refractivity contribution in [2.24, 2.45) is 0 Å². The highest BCUT2D eigenvalue weighted by Crippen LogP contribution is 2.23. The van der Waals surface area contributed by atoms with Gasteiger partial charge in [0.15, 0.2) is 0 Å². The number of ether oxygens (including phenoxy) is 2. The van der Waals surface area contributed by atoms with Gasteiger partial charge >= 0.3 is 6.03 Å². The molecule has 1 aromatic carbocycles. The number of urea groups is 1. The smallest absolute Gasteiger partial charge is 0.317 e. The number of nitrogens with zero attached hydrogens (tertiary/aromatic N) is 2. The Labute approximate surface area is 142 Å². The SMILES string of the molecule is CCCNC(=O)N1CCN(C(=O)c2cc(OC)cc(OC)c2)CC1. The molecule has 1 heterocycles. The highest BCUT2D eigenvalue weighted by atomic mass is 16.5. The predicted octanol–water partition coefficient (Wildman–Crippen LogP) is 1.58. The molecule has 132 valence electrons. The number of piperazine rings is 1. The van der Waals surface area contributed by atoms with Crippen LogP contribution < -0.4 is 14.8 Å². The molecule has 2 rings (SSSR count). The molecule has 0 unspecified atom stereocenters. The molecule has 0 bridgehead atoms. The van der Waals surface area contributed by atoms with E-state index in [9.17, 15) is 9.59 Å². The second-order valence-corrected chi connectivity index (χ2v) is 5.61. The quantitative estimate of drug-likeness (QED) is 0.887. The van der Waals surface area contributed by atoms with E-state index < -0.39 is 0 Å². The highest BCUT2D eigenvalue weighted by Gasteiger charge is 2.25. The van der Waals surface area contributed by atoms with Crippen molar-refractivity contribution in [2.75, 3.05) is 46.9 Å². The number of carbonyl (C=O) groups excluding carboxylic acids is 2. The first-order valence-corrected chi connectivity index (χ1v) is 8.14. The summed E-state index contributed by atoms with van der Waals surface area (Å²) < 4.78 is 10.4. The van der Waals surface area contributed by atoms with Crippen molar-refractivity contribution in [1.29, 1.82) is 0 Å². The third kappa shape index (κ3) is 4.31. The lowest BCUT2D eigenvalue weighted by molar-refractivity contribution is 0.0664. The van der Waals surface area contributed by atoms with Crippen molar-refractivity contribution >= 4 is 11.9 Å². The summed E-state index contributed by atoms with van der Waals surface area (Å²) >= 11 is 0. The lowest BCUT2D eigenvalue weighted by atomic mass is 10.1. The number of hydrogen-bond acceptors (Lipinski definition) is 4. The van der Waals surface area contributed by atoms with E-state index in [2.05, 4.69) is 5.32 Å². The predicted molar refractivity (Wildman–Crippen MR) is 90.7 cm³/mol. The molecule has 0 radical (unpaired) electrons. The summed E-state index contributed by atoms with van der Waals surface area (Å²) in [6.07, 6.45) is 0.905. The molecular weight excluding hydrogens is 310 g/mol. The van der Waals surface area contributed by atoms with Gasteiger partial charge in [0.1, 0.15) is 11.5 Å². The maximum absolute atomic E-state index is 12.7. The third-order valence-corrected chi connectivity index (χ3v) is 3.98. The van der Waals surface area contributed by atoms with Gasteiger partial charge in [-0.2, -0.15) is 0 Å². The lowest BCUT2D eigenvalue weighted by Crippen LogP contribution is -2.53. The van der Waals surface area contributed by atoms with Crippen LogP contribution in [0.4, 0.5) is 4.79 Å². The Morgan fingerprint density at radius 1 is 1.00 bits per heavy atom. The molecule has 1 aliphatic rings. The molecule has 0 aliphatic carbocycles. The van der Waals surface area contributed by atoms with Gasteiger partial charge in [-0.15, -0.1) is 0 Å². The number of rotatable bonds is 5. The average molecular weight is 335 g/mol. The zero-order valence-electron chi connectivity index (χ0n) is 14.5. The molecule has 1 N–H and O–H groups in total. The van der Waals surface area contributed by atoms with Gasteiger partial charge in [-0.3, -0.25) is 4.79 Å². The standard InChI is InChI=1S/C17H25N3O4/c1-4-5-18-17(22)20-8-6-19(7-9-20)16(21)13-10-14(23-2)12-15(11-13)24-3/h10-12H,4-9H2,1-3H3,(H,18,22). The molecule has 7 heteroatoms. The van der Waals surface area contributed by atoms with Crippen LogP contribution in [0.5, 0.6) is 11.5 Å². The highest BCUT2D eigenvalue weighted by molar-refractivity contribution is 5.95. The van der Waals surface area contributed by atoms with Gasteiger partial charge in [0, 0.05) is 44.4 Å². The summed E-state index contributed by atoms with van der Waals surface area (Å²) in [5.74, 6) is 1.08. The van der Waals surface area contributed by atoms with E-state index in [1.54, 1.807) is 42.2 Å². The summed E-state index contributed by atoms with van der Waals surface area (Å²) in [5.41, 5.74) is 0.523. The van der Waals surface area contributed by atoms with Gasteiger partial charge in [-0.25, -0.2) is 4.79 Å². The minimum absolute atomic E-state index is 0.0630. The molecule has 1 saturated heterocycles. The van der Waals surface area contributed by atoms with Crippen LogP contribution in [0.15, 0.2) is 18.2 Å². The number of nitrogens with one attached hydrogen (secondary N) is 1. The Bertz CT molecular complexity index is 561. The second-order valence-electron chi connectivity index (χ2n) is 5.61. The second kappa shape index (κ2) is 8.42. The lowest BCUT2D eigenvalue weighted by Gasteiger charge is -2.34. The monoisotopic (exact) mass is 335 g/mol. The van der Waals surface area contributed by atoms with Gasteiger partial charge in [-0.1, -0.05) is 6.92 Å². The maximum atomic E-state index is 12.7. The van der Waals surface area contributed by atoms with E-state index in [-0.39, 0.29) is 11.9 Å². The van der Waals surface area contributed by atoms with Gasteiger partial charge < -0.3 is 24.6 Å². The molecule has 1 aliphatic heterocycles. The van der Waals surface area contributed by atoms with Crippen LogP contribution in [-0.2, 0) is 0 Å². The Balaban J connectivity index is 1.99. The first-order valence-electron chi connectivity index (χ1n) is 8.14. The molecular formula is C17H25N3O4. The van der Waals surface area contributed by atoms with E-state index >= 15 is 0 Å². The Morgan fingerprint density at radius 3 is 2.04 bits per heavy atom. The number of amides is 3. The summed E-state index contributed by atoms with van der Waals surface area (Å²) in [6, 6.07) is 5.07. The van der Waals surface area contributed by atoms with Crippen LogP contribution in [0.25, 0.3) is 0 Å². The third-order valence-electron chi connectivity index (χ3n) is 3.98. The van der Waals surface area contributed by atoms with Gasteiger partial charge in [-0.05, 0) is 18.6 Å². The van der Waals surface area contributed by atoms with Crippen LogP contribution in [0.2, 0.25) is 0 Å². The van der Waals surface area contributed by atoms with Crippen LogP contribution in [-0.4, -0.2) is 68.7 Å². The zero-order chi connectivity index (χ0) is 17.5. The van der Waals surface area contributed by atoms with Crippen LogP contribution in [0, 0.1) is 0 Å². The zero-order valence-corrected chi connectivity index (χ0v) is 14.5. The molecule has 0 saturated carbocycles. The average Bonchev–Trinajstić information content (AvgIpc) is 2.65. The van der Waals surface area contributed by atoms with Gasteiger partial charge in [0.05, 0.1) is 14.2 Å². The Morgan fingerprint density at radius 2 is 1.54 bits per heavy atom. The number of methoxy groups -OCH3 is 2. The molecule has 1 aromatic rings. The van der Waals surface area contributed by atoms with E-state index in [0.717, 1.165) is 6.42 Å². The fourth-order valence-electron chi connectivity index (χ4n) is 2.57. The van der Waals surface area contributed by atoms with Crippen LogP contribution in [0.3, 0.4) is 0 Å². The van der Waals surface area contributed by atoms with Crippen molar-refractivity contribution < 1.29 is 19.1 Å². The van der Waals surface area contributed by atoms with Crippen molar-refractivity contribution in [3.63, 3.8) is 0 Å². The van der Waals surface area contributed by atoms with E-state index in [1.165, 1.54) is 0 Å². The van der Waals surface area contributed by atoms with Gasteiger partial charge in [0.25, 0.3) is 5.91 Å². The number of benzene rings is 1. The van der Waals surface area contributed by atoms with Crippen molar-refractivity contribution in [3.05, 3.63) is 23.8 Å². The van der Waals surface area contributed by atoms with Crippen LogP contribution in [0.1, 0.15) is 23.7 Å². The van der Waals surface area contributed by atoms with E-state index in [4.69, 9.17) is 9.47 Å². The number of hydrogen-bond donors (Lipinski definition) is 1. The van der Waals surface area contributed by atoms with E-state index in [0.29, 0.717) is 49.8 Å². The van der Waals surface area contributed by atoms with Crippen molar-refractivity contribution in [3.8, 4) is 11.5 Å². The summed E-state index contributed by atoms with van der Waals surface area (Å²) in [4.78, 5) is 28.1. The van der Waals surface area contributed by atoms with Crippen LogP contribution >= 0.6 is 0 Å². The first kappa shape index (κ1) is 17.9. The molecule has 0 spiro atoms. The minimum Gasteiger partial charge on any atom is -0.497 e. The van der Waals surface area contributed by atoms with Crippen molar-refractivity contribution in [1.82, 2.24) is 15.1 Å². The van der Waals surface area contributed by atoms with Gasteiger partial charge in [0.2, 0.25) is 0 Å². The molecule has 0 atom stereocenters. The normalized spacial score (nSPS) is 14.3. The van der Waals surface area contributed by atoms with E-state index in [1.807, 2.05) is 6.92 Å². The maximum Gasteiger partial charge on any atom is 0.317 e. The Kier molecular flexibility index (Phi) is 6.28. The van der Waals surface area contributed by atoms with Crippen molar-refractivity contribution in [2.45, 2.75) is 13.3 Å². The Hall–Kier alpha value is -2.44. The summed E-state index contributed by atoms with van der Waals surface area (Å²) in [6.45, 7) is 4.77. The fourth-order valence-corrected chi connectivity index (χ4v) is 2.57. The first-order chi connectivity index (χ1) is 11.6. The molecule has 3 amide bonds. The minimum atomic E-state index is -0.0826. The topological polar surface area (TPSA) is 71.1 Å². The molecule has 7 nitrogen and oxygen atoms in total. The largest absolute Gasteiger partial charge is 0.497 e. The summed E-state index contributed by atoms with van der Waals surface area (Å²) in [7, 11) is 3.10. The molecule has 0 aromatic heterocycles. The molecule has 24 heavy (non-hydrogen) atoms. The fraction of sp³-hybridized carbons (Fsp3) is 0.529. The molecule has 1 fully saturated rings.